The number of aromatic nitrogens is 2. The molecule has 0 bridgehead atoms. The van der Waals surface area contributed by atoms with Crippen molar-refractivity contribution in [1.82, 2.24) is 15.1 Å². The average Bonchev–Trinajstić information content (AvgIpc) is 3.07. The van der Waals surface area contributed by atoms with Gasteiger partial charge in [-0.1, -0.05) is 30.3 Å². The normalized spacial score (nSPS) is 10.4. The summed E-state index contributed by atoms with van der Waals surface area (Å²) in [4.78, 5) is 12.3. The van der Waals surface area contributed by atoms with E-state index in [9.17, 15) is 4.79 Å². The molecule has 5 heteroatoms. The maximum atomic E-state index is 12.3. The van der Waals surface area contributed by atoms with E-state index in [-0.39, 0.29) is 5.91 Å². The lowest BCUT2D eigenvalue weighted by molar-refractivity contribution is 0.0953. The fraction of sp³-hybridized carbons (Fsp3) is 0.227. The van der Waals surface area contributed by atoms with Crippen LogP contribution in [0.2, 0.25) is 0 Å². The molecule has 27 heavy (non-hydrogen) atoms. The predicted molar refractivity (Wildman–Crippen MR) is 105 cm³/mol. The highest BCUT2D eigenvalue weighted by molar-refractivity contribution is 5.94. The number of hydrogen-bond acceptors (Lipinski definition) is 3. The molecule has 0 saturated carbocycles. The first kappa shape index (κ1) is 18.4. The molecule has 0 unspecified atom stereocenters. The van der Waals surface area contributed by atoms with Gasteiger partial charge in [0.2, 0.25) is 0 Å². The molecule has 0 saturated heterocycles. The molecule has 1 heterocycles. The molecule has 0 aliphatic rings. The number of aryl methyl sites for hydroxylation is 2. The van der Waals surface area contributed by atoms with Gasteiger partial charge in [0.25, 0.3) is 5.91 Å². The van der Waals surface area contributed by atoms with Gasteiger partial charge < -0.3 is 5.32 Å². The van der Waals surface area contributed by atoms with Crippen molar-refractivity contribution < 1.29 is 4.79 Å². The second kappa shape index (κ2) is 8.81. The van der Waals surface area contributed by atoms with Gasteiger partial charge in [0.15, 0.2) is 0 Å². The molecular weight excluding hydrogens is 336 g/mol. The molecule has 0 spiro atoms. The molecule has 1 amide bonds. The Bertz CT molecular complexity index is 954. The smallest absolute Gasteiger partial charge is 0.251 e. The molecule has 0 fully saturated rings. The van der Waals surface area contributed by atoms with E-state index < -0.39 is 0 Å². The first-order valence-corrected chi connectivity index (χ1v) is 9.02. The second-order valence-electron chi connectivity index (χ2n) is 6.41. The maximum absolute atomic E-state index is 12.3. The van der Waals surface area contributed by atoms with Gasteiger partial charge >= 0.3 is 0 Å². The van der Waals surface area contributed by atoms with Crippen LogP contribution in [0.25, 0.3) is 5.69 Å². The Hall–Kier alpha value is -3.39. The SMILES string of the molecule is Cc1nn(-c2ccccc2)cc1CCCNC(=O)c1cccc(CC#N)c1. The molecule has 0 aliphatic carbocycles. The molecule has 0 radical (unpaired) electrons. The van der Waals surface area contributed by atoms with Crippen LogP contribution in [0.15, 0.2) is 60.8 Å². The monoisotopic (exact) mass is 358 g/mol. The number of carbonyl (C=O) groups is 1. The van der Waals surface area contributed by atoms with Crippen LogP contribution in [-0.2, 0) is 12.8 Å². The Labute approximate surface area is 159 Å². The minimum Gasteiger partial charge on any atom is -0.352 e. The van der Waals surface area contributed by atoms with Crippen molar-refractivity contribution in [2.75, 3.05) is 6.54 Å². The number of amides is 1. The Morgan fingerprint density at radius 2 is 2.00 bits per heavy atom. The highest BCUT2D eigenvalue weighted by atomic mass is 16.1. The van der Waals surface area contributed by atoms with Gasteiger partial charge in [-0.25, -0.2) is 4.68 Å². The molecule has 0 aliphatic heterocycles. The van der Waals surface area contributed by atoms with E-state index in [1.807, 2.05) is 54.1 Å². The summed E-state index contributed by atoms with van der Waals surface area (Å²) in [5.74, 6) is -0.105. The fourth-order valence-electron chi connectivity index (χ4n) is 2.95. The van der Waals surface area contributed by atoms with E-state index in [0.29, 0.717) is 18.5 Å². The number of benzene rings is 2. The van der Waals surface area contributed by atoms with Gasteiger partial charge in [0.1, 0.15) is 0 Å². The van der Waals surface area contributed by atoms with Gasteiger partial charge in [-0.3, -0.25) is 4.79 Å². The number of hydrogen-bond donors (Lipinski definition) is 1. The molecule has 1 N–H and O–H groups in total. The van der Waals surface area contributed by atoms with Crippen LogP contribution in [-0.4, -0.2) is 22.2 Å². The minimum absolute atomic E-state index is 0.105. The Balaban J connectivity index is 1.52. The van der Waals surface area contributed by atoms with E-state index in [0.717, 1.165) is 29.8 Å². The molecule has 0 atom stereocenters. The van der Waals surface area contributed by atoms with Crippen LogP contribution in [0.4, 0.5) is 0 Å². The highest BCUT2D eigenvalue weighted by Gasteiger charge is 2.08. The number of rotatable bonds is 7. The molecule has 1 aromatic heterocycles. The summed E-state index contributed by atoms with van der Waals surface area (Å²) in [6.45, 7) is 2.60. The second-order valence-corrected chi connectivity index (χ2v) is 6.41. The zero-order valence-corrected chi connectivity index (χ0v) is 15.4. The third-order valence-corrected chi connectivity index (χ3v) is 4.40. The van der Waals surface area contributed by atoms with Crippen molar-refractivity contribution in [2.24, 2.45) is 0 Å². The van der Waals surface area contributed by atoms with Crippen LogP contribution >= 0.6 is 0 Å². The van der Waals surface area contributed by atoms with Crippen molar-refractivity contribution in [1.29, 1.82) is 5.26 Å². The quantitative estimate of drug-likeness (QED) is 0.656. The Morgan fingerprint density at radius 3 is 2.78 bits per heavy atom. The van der Waals surface area contributed by atoms with Crippen LogP contribution in [0.1, 0.15) is 33.6 Å². The van der Waals surface area contributed by atoms with Crippen LogP contribution in [0.3, 0.4) is 0 Å². The number of nitrogens with one attached hydrogen (secondary N) is 1. The Kier molecular flexibility index (Phi) is 6.01. The van der Waals surface area contributed by atoms with Crippen molar-refractivity contribution >= 4 is 5.91 Å². The van der Waals surface area contributed by atoms with Crippen molar-refractivity contribution in [3.8, 4) is 11.8 Å². The van der Waals surface area contributed by atoms with E-state index in [2.05, 4.69) is 22.7 Å². The predicted octanol–water partition coefficient (Wildman–Crippen LogP) is 3.61. The largest absolute Gasteiger partial charge is 0.352 e. The molecule has 136 valence electrons. The molecule has 3 aromatic rings. The van der Waals surface area contributed by atoms with Gasteiger partial charge in [-0.05, 0) is 55.2 Å². The lowest BCUT2D eigenvalue weighted by Gasteiger charge is -2.06. The average molecular weight is 358 g/mol. The number of para-hydroxylation sites is 1. The summed E-state index contributed by atoms with van der Waals surface area (Å²) in [5, 5.41) is 16.3. The van der Waals surface area contributed by atoms with Crippen molar-refractivity contribution in [3.05, 3.63) is 83.2 Å². The van der Waals surface area contributed by atoms with Crippen LogP contribution in [0.5, 0.6) is 0 Å². The third-order valence-electron chi connectivity index (χ3n) is 4.40. The first-order chi connectivity index (χ1) is 13.2. The first-order valence-electron chi connectivity index (χ1n) is 9.02. The van der Waals surface area contributed by atoms with Gasteiger partial charge in [-0.2, -0.15) is 10.4 Å². The summed E-state index contributed by atoms with van der Waals surface area (Å²) in [6.07, 6.45) is 4.06. The molecule has 5 nitrogen and oxygen atoms in total. The van der Waals surface area contributed by atoms with Gasteiger partial charge in [0.05, 0.1) is 23.9 Å². The summed E-state index contributed by atoms with van der Waals surface area (Å²) in [7, 11) is 0. The topological polar surface area (TPSA) is 70.7 Å². The fourth-order valence-corrected chi connectivity index (χ4v) is 2.95. The molecular formula is C22H22N4O. The highest BCUT2D eigenvalue weighted by Crippen LogP contribution is 2.13. The minimum atomic E-state index is -0.105. The number of nitrogens with zero attached hydrogens (tertiary/aromatic N) is 3. The van der Waals surface area contributed by atoms with E-state index in [1.165, 1.54) is 5.56 Å². The van der Waals surface area contributed by atoms with Crippen LogP contribution < -0.4 is 5.32 Å². The third kappa shape index (κ3) is 4.83. The zero-order chi connectivity index (χ0) is 19.1. The van der Waals surface area contributed by atoms with Gasteiger partial charge in [0, 0.05) is 18.3 Å². The van der Waals surface area contributed by atoms with Crippen molar-refractivity contribution in [2.45, 2.75) is 26.2 Å². The lowest BCUT2D eigenvalue weighted by Crippen LogP contribution is -2.24. The van der Waals surface area contributed by atoms with Gasteiger partial charge in [-0.15, -0.1) is 0 Å². The summed E-state index contributed by atoms with van der Waals surface area (Å²) in [5.41, 5.74) is 4.68. The van der Waals surface area contributed by atoms with Crippen LogP contribution in [0, 0.1) is 18.3 Å². The summed E-state index contributed by atoms with van der Waals surface area (Å²) < 4.78 is 1.89. The lowest BCUT2D eigenvalue weighted by atomic mass is 10.1. The Morgan fingerprint density at radius 1 is 1.19 bits per heavy atom. The van der Waals surface area contributed by atoms with Crippen molar-refractivity contribution in [3.63, 3.8) is 0 Å². The zero-order valence-electron chi connectivity index (χ0n) is 15.4. The number of carbonyl (C=O) groups excluding carboxylic acids is 1. The number of nitriles is 1. The molecule has 2 aromatic carbocycles. The standard InChI is InChI=1S/C22H22N4O/c1-17-20(16-26(25-17)21-10-3-2-4-11-21)9-6-14-24-22(27)19-8-5-7-18(15-19)12-13-23/h2-5,7-8,10-11,15-16H,6,9,12,14H2,1H3,(H,24,27). The molecule has 3 rings (SSSR count). The summed E-state index contributed by atoms with van der Waals surface area (Å²) in [6, 6.07) is 19.3. The maximum Gasteiger partial charge on any atom is 0.251 e. The van der Waals surface area contributed by atoms with E-state index in [1.54, 1.807) is 12.1 Å². The van der Waals surface area contributed by atoms with E-state index >= 15 is 0 Å². The van der Waals surface area contributed by atoms with E-state index in [4.69, 9.17) is 5.26 Å². The summed E-state index contributed by atoms with van der Waals surface area (Å²) >= 11 is 0.